The number of allylic oxidation sites excluding steroid dienone is 3. The number of hydrogen-bond acceptors (Lipinski definition) is 6. The SMILES string of the molecule is C=C/C(=C\C(=C)C(C)CC(=O)Nc1sc2c(c1CN)CCN(C(=O)CCO)C2)OC. The third kappa shape index (κ3) is 5.81. The molecular weight excluding hydrogens is 402 g/mol. The van der Waals surface area contributed by atoms with Crippen molar-refractivity contribution in [3.63, 3.8) is 0 Å². The van der Waals surface area contributed by atoms with Crippen LogP contribution in [0.5, 0.6) is 0 Å². The van der Waals surface area contributed by atoms with Gasteiger partial charge in [-0.25, -0.2) is 0 Å². The Morgan fingerprint density at radius 1 is 1.47 bits per heavy atom. The van der Waals surface area contributed by atoms with Crippen LogP contribution in [0.4, 0.5) is 5.00 Å². The van der Waals surface area contributed by atoms with E-state index in [0.717, 1.165) is 26.6 Å². The molecule has 8 heteroatoms. The molecule has 7 nitrogen and oxygen atoms in total. The van der Waals surface area contributed by atoms with Crippen LogP contribution in [0.3, 0.4) is 0 Å². The van der Waals surface area contributed by atoms with Gasteiger partial charge in [-0.1, -0.05) is 20.1 Å². The number of rotatable bonds is 10. The largest absolute Gasteiger partial charge is 0.497 e. The van der Waals surface area contributed by atoms with Gasteiger partial charge in [0.2, 0.25) is 11.8 Å². The second-order valence-electron chi connectivity index (χ2n) is 7.24. The maximum atomic E-state index is 12.6. The number of aliphatic hydroxyl groups excluding tert-OH is 1. The summed E-state index contributed by atoms with van der Waals surface area (Å²) in [6.07, 6.45) is 4.47. The van der Waals surface area contributed by atoms with Gasteiger partial charge in [-0.2, -0.15) is 0 Å². The number of carbonyl (C=O) groups is 2. The van der Waals surface area contributed by atoms with Gasteiger partial charge in [-0.05, 0) is 35.6 Å². The number of hydrogen-bond donors (Lipinski definition) is 3. The number of aliphatic hydroxyl groups is 1. The second-order valence-corrected chi connectivity index (χ2v) is 8.34. The lowest BCUT2D eigenvalue weighted by molar-refractivity contribution is -0.132. The molecule has 0 spiro atoms. The van der Waals surface area contributed by atoms with Crippen LogP contribution in [0.2, 0.25) is 0 Å². The minimum absolute atomic E-state index is 0.0632. The summed E-state index contributed by atoms with van der Waals surface area (Å²) in [6.45, 7) is 10.9. The van der Waals surface area contributed by atoms with Crippen LogP contribution in [0.1, 0.15) is 35.8 Å². The van der Waals surface area contributed by atoms with Crippen LogP contribution >= 0.6 is 11.3 Å². The Morgan fingerprint density at radius 3 is 2.80 bits per heavy atom. The zero-order chi connectivity index (χ0) is 22.3. The lowest BCUT2D eigenvalue weighted by Gasteiger charge is -2.27. The molecule has 0 bridgehead atoms. The average molecular weight is 434 g/mol. The number of carbonyl (C=O) groups excluding carboxylic acids is 2. The fourth-order valence-electron chi connectivity index (χ4n) is 3.37. The van der Waals surface area contributed by atoms with Crippen LogP contribution in [0.25, 0.3) is 0 Å². The third-order valence-electron chi connectivity index (χ3n) is 5.19. The van der Waals surface area contributed by atoms with E-state index < -0.39 is 0 Å². The average Bonchev–Trinajstić information content (AvgIpc) is 3.07. The first-order chi connectivity index (χ1) is 14.3. The Labute approximate surface area is 181 Å². The quantitative estimate of drug-likeness (QED) is 0.389. The summed E-state index contributed by atoms with van der Waals surface area (Å²) in [5, 5.41) is 12.8. The predicted molar refractivity (Wildman–Crippen MR) is 120 cm³/mol. The zero-order valence-corrected chi connectivity index (χ0v) is 18.5. The Morgan fingerprint density at radius 2 is 2.20 bits per heavy atom. The van der Waals surface area contributed by atoms with E-state index in [1.807, 2.05) is 6.92 Å². The highest BCUT2D eigenvalue weighted by atomic mass is 32.1. The maximum Gasteiger partial charge on any atom is 0.225 e. The molecule has 0 fully saturated rings. The summed E-state index contributed by atoms with van der Waals surface area (Å²) < 4.78 is 5.17. The van der Waals surface area contributed by atoms with Crippen LogP contribution < -0.4 is 11.1 Å². The van der Waals surface area contributed by atoms with Gasteiger partial charge in [0.05, 0.1) is 25.3 Å². The molecule has 1 atom stereocenters. The normalized spacial score (nSPS) is 14.7. The number of anilines is 1. The molecule has 2 rings (SSSR count). The molecule has 2 amide bonds. The first kappa shape index (κ1) is 23.9. The van der Waals surface area contributed by atoms with Crippen molar-refractivity contribution in [2.75, 3.05) is 25.6 Å². The summed E-state index contributed by atoms with van der Waals surface area (Å²) in [5.41, 5.74) is 8.82. The summed E-state index contributed by atoms with van der Waals surface area (Å²) >= 11 is 1.47. The molecule has 2 heterocycles. The van der Waals surface area contributed by atoms with Gasteiger partial charge in [0.1, 0.15) is 5.76 Å². The Kier molecular flexibility index (Phi) is 8.83. The highest BCUT2D eigenvalue weighted by Crippen LogP contribution is 2.37. The molecule has 0 saturated carbocycles. The minimum Gasteiger partial charge on any atom is -0.497 e. The van der Waals surface area contributed by atoms with Crippen molar-refractivity contribution in [2.24, 2.45) is 11.7 Å². The van der Waals surface area contributed by atoms with E-state index in [2.05, 4.69) is 18.5 Å². The first-order valence-corrected chi connectivity index (χ1v) is 10.7. The molecular formula is C22H31N3O4S. The van der Waals surface area contributed by atoms with Crippen LogP contribution in [0.15, 0.2) is 36.6 Å². The lowest BCUT2D eigenvalue weighted by atomic mass is 9.97. The number of nitrogens with zero attached hydrogens (tertiary/aromatic N) is 1. The number of amides is 2. The van der Waals surface area contributed by atoms with Crippen molar-refractivity contribution in [1.82, 2.24) is 4.90 Å². The van der Waals surface area contributed by atoms with Gasteiger partial charge >= 0.3 is 0 Å². The van der Waals surface area contributed by atoms with E-state index in [9.17, 15) is 9.59 Å². The van der Waals surface area contributed by atoms with Crippen LogP contribution in [-0.4, -0.2) is 42.1 Å². The maximum absolute atomic E-state index is 12.6. The highest BCUT2D eigenvalue weighted by Gasteiger charge is 2.26. The predicted octanol–water partition coefficient (Wildman–Crippen LogP) is 2.71. The summed E-state index contributed by atoms with van der Waals surface area (Å²) in [4.78, 5) is 27.5. The van der Waals surface area contributed by atoms with Crippen molar-refractivity contribution >= 4 is 28.2 Å². The third-order valence-corrected chi connectivity index (χ3v) is 6.37. The van der Waals surface area contributed by atoms with Crippen LogP contribution in [0, 0.1) is 5.92 Å². The lowest BCUT2D eigenvalue weighted by Crippen LogP contribution is -2.35. The molecule has 4 N–H and O–H groups in total. The smallest absolute Gasteiger partial charge is 0.225 e. The second kappa shape index (κ2) is 11.1. The molecule has 1 aromatic heterocycles. The van der Waals surface area contributed by atoms with Crippen molar-refractivity contribution in [3.8, 4) is 0 Å². The zero-order valence-electron chi connectivity index (χ0n) is 17.7. The molecule has 1 unspecified atom stereocenters. The fourth-order valence-corrected chi connectivity index (χ4v) is 4.68. The first-order valence-electron chi connectivity index (χ1n) is 9.93. The summed E-state index contributed by atoms with van der Waals surface area (Å²) in [5.74, 6) is 0.351. The monoisotopic (exact) mass is 433 g/mol. The number of methoxy groups -OCH3 is 1. The van der Waals surface area contributed by atoms with Gasteiger partial charge in [-0.3, -0.25) is 9.59 Å². The number of thiophene rings is 1. The van der Waals surface area contributed by atoms with Crippen molar-refractivity contribution in [2.45, 2.75) is 39.3 Å². The van der Waals surface area contributed by atoms with E-state index in [4.69, 9.17) is 15.6 Å². The number of fused-ring (bicyclic) bond motifs is 1. The molecule has 0 aliphatic carbocycles. The topological polar surface area (TPSA) is 105 Å². The van der Waals surface area contributed by atoms with E-state index in [0.29, 0.717) is 31.8 Å². The molecule has 0 saturated heterocycles. The van der Waals surface area contributed by atoms with E-state index in [1.165, 1.54) is 11.3 Å². The van der Waals surface area contributed by atoms with Crippen LogP contribution in [-0.2, 0) is 33.8 Å². The molecule has 1 aliphatic heterocycles. The fraction of sp³-hybridized carbons (Fsp3) is 0.455. The standard InChI is InChI=1S/C22H31N3O4S/c1-5-16(29-4)10-14(2)15(3)11-20(27)24-22-18(12-23)17-6-8-25(13-19(17)30-22)21(28)7-9-26/h5,10,15,26H,1-2,6-9,11-13,23H2,3-4H3,(H,24,27)/b16-10+. The number of nitrogens with two attached hydrogens (primary N) is 1. The Hall–Kier alpha value is -2.42. The molecule has 1 aromatic rings. The Bertz CT molecular complexity index is 844. The summed E-state index contributed by atoms with van der Waals surface area (Å²) in [7, 11) is 1.56. The van der Waals surface area contributed by atoms with Gasteiger partial charge in [-0.15, -0.1) is 11.3 Å². The van der Waals surface area contributed by atoms with Crippen molar-refractivity contribution in [1.29, 1.82) is 0 Å². The Balaban J connectivity index is 2.07. The van der Waals surface area contributed by atoms with E-state index in [-0.39, 0.29) is 37.2 Å². The van der Waals surface area contributed by atoms with Gasteiger partial charge in [0.15, 0.2) is 0 Å². The molecule has 0 aromatic carbocycles. The molecule has 164 valence electrons. The number of nitrogens with one attached hydrogen (secondary N) is 1. The molecule has 0 radical (unpaired) electrons. The van der Waals surface area contributed by atoms with Gasteiger partial charge < -0.3 is 25.8 Å². The van der Waals surface area contributed by atoms with Gasteiger partial charge in [0.25, 0.3) is 0 Å². The van der Waals surface area contributed by atoms with Crippen molar-refractivity contribution < 1.29 is 19.4 Å². The van der Waals surface area contributed by atoms with Crippen molar-refractivity contribution in [3.05, 3.63) is 52.6 Å². The summed E-state index contributed by atoms with van der Waals surface area (Å²) in [6, 6.07) is 0. The highest BCUT2D eigenvalue weighted by molar-refractivity contribution is 7.16. The van der Waals surface area contributed by atoms with Gasteiger partial charge in [0, 0.05) is 36.4 Å². The molecule has 1 aliphatic rings. The molecule has 30 heavy (non-hydrogen) atoms. The minimum atomic E-state index is -0.153. The van der Waals surface area contributed by atoms with E-state index >= 15 is 0 Å². The van der Waals surface area contributed by atoms with E-state index in [1.54, 1.807) is 24.2 Å². The number of ether oxygens (including phenoxy) is 1.